The zero-order chi connectivity index (χ0) is 13.3. The summed E-state index contributed by atoms with van der Waals surface area (Å²) in [6, 6.07) is 2.77. The van der Waals surface area contributed by atoms with Gasteiger partial charge < -0.3 is 20.2 Å². The van der Waals surface area contributed by atoms with Crippen LogP contribution in [0.5, 0.6) is 11.5 Å². The van der Waals surface area contributed by atoms with Crippen molar-refractivity contribution in [1.29, 1.82) is 0 Å². The van der Waals surface area contributed by atoms with Crippen LogP contribution < -0.4 is 0 Å². The maximum Gasteiger partial charge on any atom is 0.326 e. The van der Waals surface area contributed by atoms with Crippen molar-refractivity contribution in [2.75, 3.05) is 6.54 Å². The molecule has 0 spiro atoms. The van der Waals surface area contributed by atoms with Crippen LogP contribution in [0.4, 0.5) is 0 Å². The summed E-state index contributed by atoms with van der Waals surface area (Å²) in [6.45, 7) is 0.357. The van der Waals surface area contributed by atoms with Crippen molar-refractivity contribution in [2.45, 2.75) is 18.9 Å². The molecule has 6 heteroatoms. The lowest BCUT2D eigenvalue weighted by atomic mass is 10.1. The van der Waals surface area contributed by atoms with Crippen molar-refractivity contribution >= 4 is 11.9 Å². The Morgan fingerprint density at radius 1 is 1.28 bits per heavy atom. The van der Waals surface area contributed by atoms with Crippen LogP contribution in [0.3, 0.4) is 0 Å². The summed E-state index contributed by atoms with van der Waals surface area (Å²) in [5.74, 6) is -2.08. The standard InChI is InChI=1S/C12H13NO5/c14-7-3-4-8(10(15)6-7)11(16)13-5-1-2-9(13)12(17)18/h3-4,6,9,14-15H,1-2,5H2,(H,17,18)/t9-/m1/s1. The summed E-state index contributed by atoms with van der Waals surface area (Å²) in [6.07, 6.45) is 1.04. The van der Waals surface area contributed by atoms with Gasteiger partial charge in [-0.15, -0.1) is 0 Å². The molecule has 96 valence electrons. The number of nitrogens with zero attached hydrogens (tertiary/aromatic N) is 1. The second kappa shape index (κ2) is 4.56. The third-order valence-electron chi connectivity index (χ3n) is 3.01. The van der Waals surface area contributed by atoms with Gasteiger partial charge in [-0.05, 0) is 25.0 Å². The van der Waals surface area contributed by atoms with E-state index in [2.05, 4.69) is 0 Å². The van der Waals surface area contributed by atoms with Gasteiger partial charge in [0, 0.05) is 12.6 Å². The summed E-state index contributed by atoms with van der Waals surface area (Å²) in [7, 11) is 0. The molecule has 1 aliphatic rings. The Hall–Kier alpha value is -2.24. The van der Waals surface area contributed by atoms with Crippen LogP contribution in [-0.2, 0) is 4.79 Å². The van der Waals surface area contributed by atoms with E-state index in [4.69, 9.17) is 10.2 Å². The Kier molecular flexibility index (Phi) is 3.10. The van der Waals surface area contributed by atoms with Crippen molar-refractivity contribution in [1.82, 2.24) is 4.90 Å². The van der Waals surface area contributed by atoms with Gasteiger partial charge in [-0.1, -0.05) is 0 Å². The van der Waals surface area contributed by atoms with Crippen LogP contribution in [0.1, 0.15) is 23.2 Å². The molecule has 1 aromatic rings. The van der Waals surface area contributed by atoms with Gasteiger partial charge in [-0.25, -0.2) is 4.79 Å². The predicted octanol–water partition coefficient (Wildman–Crippen LogP) is 0.787. The van der Waals surface area contributed by atoms with E-state index in [1.807, 2.05) is 0 Å². The van der Waals surface area contributed by atoms with Crippen LogP contribution in [0.15, 0.2) is 18.2 Å². The predicted molar refractivity (Wildman–Crippen MR) is 61.5 cm³/mol. The topological polar surface area (TPSA) is 98.1 Å². The highest BCUT2D eigenvalue weighted by Gasteiger charge is 2.35. The Bertz CT molecular complexity index is 499. The first-order chi connectivity index (χ1) is 8.50. The third-order valence-corrected chi connectivity index (χ3v) is 3.01. The molecule has 0 saturated carbocycles. The van der Waals surface area contributed by atoms with Crippen LogP contribution in [0.2, 0.25) is 0 Å². The minimum Gasteiger partial charge on any atom is -0.508 e. The fraction of sp³-hybridized carbons (Fsp3) is 0.333. The molecule has 1 saturated heterocycles. The van der Waals surface area contributed by atoms with Crippen LogP contribution in [0, 0.1) is 0 Å². The monoisotopic (exact) mass is 251 g/mol. The maximum absolute atomic E-state index is 12.1. The highest BCUT2D eigenvalue weighted by atomic mass is 16.4. The highest BCUT2D eigenvalue weighted by molar-refractivity contribution is 5.99. The van der Waals surface area contributed by atoms with E-state index in [-0.39, 0.29) is 17.1 Å². The van der Waals surface area contributed by atoms with Gasteiger partial charge in [0.15, 0.2) is 0 Å². The molecule has 18 heavy (non-hydrogen) atoms. The number of hydrogen-bond donors (Lipinski definition) is 3. The minimum atomic E-state index is -1.04. The number of carbonyl (C=O) groups is 2. The number of likely N-dealkylation sites (tertiary alicyclic amines) is 1. The van der Waals surface area contributed by atoms with Gasteiger partial charge >= 0.3 is 5.97 Å². The Balaban J connectivity index is 2.28. The van der Waals surface area contributed by atoms with E-state index < -0.39 is 17.9 Å². The van der Waals surface area contributed by atoms with Crippen molar-refractivity contribution in [3.63, 3.8) is 0 Å². The van der Waals surface area contributed by atoms with Gasteiger partial charge in [0.05, 0.1) is 5.56 Å². The van der Waals surface area contributed by atoms with Crippen LogP contribution in [-0.4, -0.2) is 44.7 Å². The zero-order valence-corrected chi connectivity index (χ0v) is 9.54. The third kappa shape index (κ3) is 2.09. The molecule has 0 aromatic heterocycles. The molecular weight excluding hydrogens is 238 g/mol. The zero-order valence-electron chi connectivity index (χ0n) is 9.54. The normalized spacial score (nSPS) is 18.9. The van der Waals surface area contributed by atoms with E-state index in [1.54, 1.807) is 0 Å². The molecule has 0 aliphatic carbocycles. The first-order valence-electron chi connectivity index (χ1n) is 5.56. The van der Waals surface area contributed by atoms with Crippen LogP contribution >= 0.6 is 0 Å². The van der Waals surface area contributed by atoms with Crippen molar-refractivity contribution in [2.24, 2.45) is 0 Å². The summed E-state index contributed by atoms with van der Waals surface area (Å²) < 4.78 is 0. The maximum atomic E-state index is 12.1. The molecule has 1 fully saturated rings. The Morgan fingerprint density at radius 3 is 2.61 bits per heavy atom. The summed E-state index contributed by atoms with van der Waals surface area (Å²) in [4.78, 5) is 24.3. The molecule has 1 amide bonds. The van der Waals surface area contributed by atoms with Gasteiger partial charge in [0.2, 0.25) is 0 Å². The largest absolute Gasteiger partial charge is 0.508 e. The number of hydrogen-bond acceptors (Lipinski definition) is 4. The Morgan fingerprint density at radius 2 is 2.00 bits per heavy atom. The average molecular weight is 251 g/mol. The average Bonchev–Trinajstić information content (AvgIpc) is 2.77. The number of carboxylic acid groups (broad SMARTS) is 1. The first kappa shape index (κ1) is 12.2. The van der Waals surface area contributed by atoms with Crippen molar-refractivity contribution < 1.29 is 24.9 Å². The molecule has 3 N–H and O–H groups in total. The molecule has 1 atom stereocenters. The molecule has 0 unspecified atom stereocenters. The molecule has 1 heterocycles. The molecule has 0 radical (unpaired) electrons. The molecule has 0 bridgehead atoms. The van der Waals surface area contributed by atoms with Gasteiger partial charge in [0.1, 0.15) is 17.5 Å². The lowest BCUT2D eigenvalue weighted by Gasteiger charge is -2.21. The number of rotatable bonds is 2. The molecule has 6 nitrogen and oxygen atoms in total. The number of phenolic OH excluding ortho intramolecular Hbond substituents is 2. The van der Waals surface area contributed by atoms with E-state index >= 15 is 0 Å². The van der Waals surface area contributed by atoms with Crippen LogP contribution in [0.25, 0.3) is 0 Å². The Labute approximate surface area is 103 Å². The van der Waals surface area contributed by atoms with Crippen molar-refractivity contribution in [3.05, 3.63) is 23.8 Å². The first-order valence-corrected chi connectivity index (χ1v) is 5.56. The second-order valence-corrected chi connectivity index (χ2v) is 4.20. The number of carboxylic acids is 1. The number of carbonyl (C=O) groups excluding carboxylic acids is 1. The van der Waals surface area contributed by atoms with E-state index in [9.17, 15) is 14.7 Å². The van der Waals surface area contributed by atoms with E-state index in [1.165, 1.54) is 17.0 Å². The molecular formula is C12H13NO5. The fourth-order valence-electron chi connectivity index (χ4n) is 2.12. The smallest absolute Gasteiger partial charge is 0.326 e. The van der Waals surface area contributed by atoms with E-state index in [0.717, 1.165) is 6.07 Å². The van der Waals surface area contributed by atoms with E-state index in [0.29, 0.717) is 19.4 Å². The summed E-state index contributed by atoms with van der Waals surface area (Å²) in [5.41, 5.74) is 0.000880. The molecule has 2 rings (SSSR count). The quantitative estimate of drug-likeness (QED) is 0.721. The summed E-state index contributed by atoms with van der Waals surface area (Å²) >= 11 is 0. The van der Waals surface area contributed by atoms with Crippen molar-refractivity contribution in [3.8, 4) is 11.5 Å². The van der Waals surface area contributed by atoms with Gasteiger partial charge in [0.25, 0.3) is 5.91 Å². The lowest BCUT2D eigenvalue weighted by Crippen LogP contribution is -2.40. The fourth-order valence-corrected chi connectivity index (χ4v) is 2.12. The molecule has 1 aromatic carbocycles. The number of phenols is 2. The highest BCUT2D eigenvalue weighted by Crippen LogP contribution is 2.27. The van der Waals surface area contributed by atoms with Gasteiger partial charge in [-0.3, -0.25) is 4.79 Å². The summed E-state index contributed by atoms with van der Waals surface area (Å²) in [5, 5.41) is 27.7. The van der Waals surface area contributed by atoms with Gasteiger partial charge in [-0.2, -0.15) is 0 Å². The number of aromatic hydroxyl groups is 2. The second-order valence-electron chi connectivity index (χ2n) is 4.20. The molecule has 1 aliphatic heterocycles. The number of amides is 1. The minimum absolute atomic E-state index is 0.000880. The number of aliphatic carboxylic acids is 1. The SMILES string of the molecule is O=C(O)[C@H]1CCCN1C(=O)c1ccc(O)cc1O. The lowest BCUT2D eigenvalue weighted by molar-refractivity contribution is -0.141. The number of benzene rings is 1.